The number of aliphatic hydroxyl groups is 1. The molecule has 0 amide bonds. The number of aliphatic hydroxyl groups excluding tert-OH is 1. The number of furan rings is 1. The molecule has 1 aromatic heterocycles. The van der Waals surface area contributed by atoms with E-state index in [1.165, 1.54) is 0 Å². The van der Waals surface area contributed by atoms with E-state index in [-0.39, 0.29) is 6.61 Å². The van der Waals surface area contributed by atoms with Gasteiger partial charge in [0.15, 0.2) is 0 Å². The van der Waals surface area contributed by atoms with Crippen LogP contribution in [0.2, 0.25) is 0 Å². The molecule has 3 nitrogen and oxygen atoms in total. The van der Waals surface area contributed by atoms with E-state index in [9.17, 15) is 0 Å². The zero-order valence-electron chi connectivity index (χ0n) is 5.86. The van der Waals surface area contributed by atoms with Crippen molar-refractivity contribution < 1.29 is 9.52 Å². The van der Waals surface area contributed by atoms with Crippen LogP contribution in [0.3, 0.4) is 0 Å². The third-order valence-electron chi connectivity index (χ3n) is 1.09. The number of aliphatic imine (C=N–C) groups is 1. The predicted octanol–water partition coefficient (Wildman–Crippen LogP) is 0.187. The molecule has 0 aliphatic rings. The van der Waals surface area contributed by atoms with E-state index in [2.05, 4.69) is 21.0 Å². The van der Waals surface area contributed by atoms with E-state index >= 15 is 0 Å². The minimum atomic E-state index is 0.0614. The topological polar surface area (TPSA) is 45.7 Å². The van der Waals surface area contributed by atoms with Crippen LogP contribution >= 0.6 is 0 Å². The summed E-state index contributed by atoms with van der Waals surface area (Å²) in [5, 5.41) is 8.46. The molecular weight excluding hydrogens is 209 g/mol. The molecule has 1 heterocycles. The molecule has 0 spiro atoms. The number of hydrogen-bond acceptors (Lipinski definition) is 3. The van der Waals surface area contributed by atoms with Crippen molar-refractivity contribution in [1.29, 1.82) is 0 Å². The van der Waals surface area contributed by atoms with Crippen molar-refractivity contribution in [2.45, 2.75) is 0 Å². The Morgan fingerprint density at radius 1 is 1.73 bits per heavy atom. The van der Waals surface area contributed by atoms with Gasteiger partial charge in [-0.1, -0.05) is 0 Å². The number of rotatable bonds is 3. The van der Waals surface area contributed by atoms with Crippen molar-refractivity contribution in [3.8, 4) is 0 Å². The van der Waals surface area contributed by atoms with Gasteiger partial charge in [-0.15, -0.1) is 0 Å². The van der Waals surface area contributed by atoms with Gasteiger partial charge in [0.05, 0.1) is 0 Å². The van der Waals surface area contributed by atoms with Crippen LogP contribution in [0, 0.1) is 0 Å². The molecule has 1 radical (unpaired) electrons. The molecule has 0 unspecified atom stereocenters. The Balaban J connectivity index is 2.62. The summed E-state index contributed by atoms with van der Waals surface area (Å²) in [6.45, 7) is 0.467. The first-order valence-electron chi connectivity index (χ1n) is 3.21. The van der Waals surface area contributed by atoms with Crippen LogP contribution in [-0.2, 0) is 0 Å². The van der Waals surface area contributed by atoms with Gasteiger partial charge >= 0.3 is 72.4 Å². The third kappa shape index (κ3) is 2.50. The van der Waals surface area contributed by atoms with Gasteiger partial charge in [0.25, 0.3) is 0 Å². The molecule has 0 bridgehead atoms. The van der Waals surface area contributed by atoms with Crippen molar-refractivity contribution in [2.75, 3.05) is 13.2 Å². The van der Waals surface area contributed by atoms with E-state index in [1.54, 1.807) is 12.3 Å². The zero-order chi connectivity index (χ0) is 8.10. The van der Waals surface area contributed by atoms with Gasteiger partial charge in [-0.25, -0.2) is 0 Å². The molecule has 0 saturated heterocycles. The molecule has 1 N–H and O–H groups in total. The van der Waals surface area contributed by atoms with Crippen molar-refractivity contribution in [3.05, 3.63) is 24.2 Å². The second-order valence-electron chi connectivity index (χ2n) is 1.89. The number of hydrogen-bond donors (Lipinski definition) is 1. The molecule has 4 heteroatoms. The molecular formula is C7H8NO2Se. The summed E-state index contributed by atoms with van der Waals surface area (Å²) in [6, 6.07) is 3.61. The van der Waals surface area contributed by atoms with Crippen LogP contribution in [0.1, 0.15) is 5.76 Å². The first-order chi connectivity index (χ1) is 5.34. The van der Waals surface area contributed by atoms with E-state index in [0.29, 0.717) is 16.9 Å². The molecule has 0 aromatic carbocycles. The Hall–Kier alpha value is -0.571. The van der Waals surface area contributed by atoms with Crippen LogP contribution in [0.4, 0.5) is 0 Å². The van der Waals surface area contributed by atoms with E-state index in [0.717, 1.165) is 0 Å². The maximum absolute atomic E-state index is 8.46. The van der Waals surface area contributed by atoms with Gasteiger partial charge in [-0.05, 0) is 0 Å². The zero-order valence-corrected chi connectivity index (χ0v) is 7.57. The SMILES string of the molecule is OCCN=C([Se])c1ccco1. The fourth-order valence-corrected chi connectivity index (χ4v) is 1.06. The minimum absolute atomic E-state index is 0.0614. The average Bonchev–Trinajstić information content (AvgIpc) is 2.52. The van der Waals surface area contributed by atoms with Crippen LogP contribution in [0.25, 0.3) is 0 Å². The van der Waals surface area contributed by atoms with Gasteiger partial charge in [0, 0.05) is 0 Å². The van der Waals surface area contributed by atoms with Gasteiger partial charge in [0.2, 0.25) is 0 Å². The molecule has 0 aliphatic heterocycles. The Labute approximate surface area is 72.9 Å². The van der Waals surface area contributed by atoms with Gasteiger partial charge in [-0.2, -0.15) is 0 Å². The molecule has 11 heavy (non-hydrogen) atoms. The van der Waals surface area contributed by atoms with Crippen molar-refractivity contribution in [2.24, 2.45) is 4.99 Å². The van der Waals surface area contributed by atoms with Crippen LogP contribution < -0.4 is 0 Å². The molecule has 0 fully saturated rings. The van der Waals surface area contributed by atoms with Crippen LogP contribution in [-0.4, -0.2) is 38.9 Å². The number of nitrogens with zero attached hydrogens (tertiary/aromatic N) is 1. The Kier molecular flexibility index (Phi) is 3.36. The maximum atomic E-state index is 8.46. The van der Waals surface area contributed by atoms with E-state index in [4.69, 9.17) is 9.52 Å². The summed E-state index contributed by atoms with van der Waals surface area (Å²) in [5.74, 6) is 0.707. The summed E-state index contributed by atoms with van der Waals surface area (Å²) in [7, 11) is 0. The Morgan fingerprint density at radius 3 is 3.09 bits per heavy atom. The van der Waals surface area contributed by atoms with E-state index < -0.39 is 0 Å². The van der Waals surface area contributed by atoms with Gasteiger partial charge in [-0.3, -0.25) is 0 Å². The summed E-state index contributed by atoms with van der Waals surface area (Å²) in [5.41, 5.74) is 0. The first-order valence-corrected chi connectivity index (χ1v) is 4.06. The van der Waals surface area contributed by atoms with Gasteiger partial charge < -0.3 is 0 Å². The van der Waals surface area contributed by atoms with Crippen molar-refractivity contribution >= 4 is 20.6 Å². The second kappa shape index (κ2) is 4.34. The summed E-state index contributed by atoms with van der Waals surface area (Å²) >= 11 is 2.76. The van der Waals surface area contributed by atoms with Crippen LogP contribution in [0.5, 0.6) is 0 Å². The summed E-state index contributed by atoms with van der Waals surface area (Å²) < 4.78 is 5.75. The standard InChI is InChI=1S/C7H8NO2Se/c9-4-3-8-7(11)6-2-1-5-10-6/h1-2,5,9H,3-4H2. The Bertz CT molecular complexity index is 231. The summed E-state index contributed by atoms with van der Waals surface area (Å²) in [6.07, 6.45) is 1.58. The molecule has 59 valence electrons. The molecule has 0 saturated carbocycles. The van der Waals surface area contributed by atoms with Crippen molar-refractivity contribution in [1.82, 2.24) is 0 Å². The normalized spacial score (nSPS) is 11.9. The molecule has 0 atom stereocenters. The second-order valence-corrected chi connectivity index (χ2v) is 2.70. The molecule has 0 aliphatic carbocycles. The van der Waals surface area contributed by atoms with Gasteiger partial charge in [0.1, 0.15) is 0 Å². The van der Waals surface area contributed by atoms with Crippen molar-refractivity contribution in [3.63, 3.8) is 0 Å². The molecule has 1 aromatic rings. The summed E-state index contributed by atoms with van der Waals surface area (Å²) in [4.78, 5) is 4.00. The Morgan fingerprint density at radius 2 is 2.55 bits per heavy atom. The fourth-order valence-electron chi connectivity index (χ4n) is 0.630. The van der Waals surface area contributed by atoms with Crippen LogP contribution in [0.15, 0.2) is 27.8 Å². The average molecular weight is 217 g/mol. The first kappa shape index (κ1) is 8.53. The predicted molar refractivity (Wildman–Crippen MR) is 43.0 cm³/mol. The quantitative estimate of drug-likeness (QED) is 0.580. The monoisotopic (exact) mass is 218 g/mol. The molecule has 1 rings (SSSR count). The fraction of sp³-hybridized carbons (Fsp3) is 0.286. The third-order valence-corrected chi connectivity index (χ3v) is 1.78. The van der Waals surface area contributed by atoms with E-state index in [1.807, 2.05) is 6.07 Å².